The summed E-state index contributed by atoms with van der Waals surface area (Å²) in [4.78, 5) is 38.4. The Labute approximate surface area is 156 Å². The molecule has 3 rings (SSSR count). The molecule has 0 N–H and O–H groups in total. The molecule has 1 unspecified atom stereocenters. The molecule has 1 saturated heterocycles. The number of carbonyl (C=O) groups is 3. The van der Waals surface area contributed by atoms with Crippen molar-refractivity contribution in [1.29, 1.82) is 0 Å². The predicted octanol–water partition coefficient (Wildman–Crippen LogP) is 1.90. The van der Waals surface area contributed by atoms with Gasteiger partial charge in [0.05, 0.1) is 24.3 Å². The van der Waals surface area contributed by atoms with Gasteiger partial charge in [-0.25, -0.2) is 14.1 Å². The third-order valence-electron chi connectivity index (χ3n) is 4.42. The van der Waals surface area contributed by atoms with Gasteiger partial charge in [-0.1, -0.05) is 5.92 Å². The smallest absolute Gasteiger partial charge is 0.409 e. The van der Waals surface area contributed by atoms with Crippen LogP contribution in [0.5, 0.6) is 5.75 Å². The molecule has 2 aliphatic heterocycles. The molecule has 1 aromatic carbocycles. The van der Waals surface area contributed by atoms with Gasteiger partial charge < -0.3 is 9.64 Å². The number of benzene rings is 1. The number of terminal acetylenes is 1. The maximum absolute atomic E-state index is 14.6. The third-order valence-corrected chi connectivity index (χ3v) is 4.42. The summed E-state index contributed by atoms with van der Waals surface area (Å²) in [5.41, 5.74) is -0.589. The molecule has 0 aromatic heterocycles. The molecule has 2 aliphatic rings. The van der Waals surface area contributed by atoms with Gasteiger partial charge in [-0.15, -0.1) is 6.42 Å². The molecule has 7 nitrogen and oxygen atoms in total. The highest BCUT2D eigenvalue weighted by Crippen LogP contribution is 2.40. The summed E-state index contributed by atoms with van der Waals surface area (Å²) >= 11 is 0. The van der Waals surface area contributed by atoms with Crippen molar-refractivity contribution in [2.75, 3.05) is 30.0 Å². The molecule has 0 bridgehead atoms. The van der Waals surface area contributed by atoms with Crippen molar-refractivity contribution in [3.63, 3.8) is 0 Å². The van der Waals surface area contributed by atoms with Gasteiger partial charge in [0, 0.05) is 13.1 Å². The monoisotopic (exact) mass is 399 g/mol. The van der Waals surface area contributed by atoms with Crippen LogP contribution in [0.2, 0.25) is 0 Å². The van der Waals surface area contributed by atoms with Crippen LogP contribution < -0.4 is 14.5 Å². The SMILES string of the molecule is C#CCN1C(=O)COc2cc(F)c(N3C(=O)CC(C(F)(F)F)N(C)C3=O)cc21. The summed E-state index contributed by atoms with van der Waals surface area (Å²) in [5, 5.41) is 0. The van der Waals surface area contributed by atoms with Crippen LogP contribution in [-0.4, -0.2) is 55.2 Å². The summed E-state index contributed by atoms with van der Waals surface area (Å²) in [6.07, 6.45) is -0.662. The number of hydrogen-bond donors (Lipinski definition) is 0. The first-order chi connectivity index (χ1) is 13.1. The average Bonchev–Trinajstić information content (AvgIpc) is 2.60. The highest BCUT2D eigenvalue weighted by molar-refractivity contribution is 6.16. The standard InChI is InChI=1S/C17H13F4N3O4/c1-3-4-23-11-6-10(9(18)5-12(11)28-8-15(23)26)24-14(25)7-13(17(19,20)21)22(2)16(24)27/h1,5-6,13H,4,7-8H2,2H3. The first kappa shape index (κ1) is 19.5. The topological polar surface area (TPSA) is 70.2 Å². The Bertz CT molecular complexity index is 909. The predicted molar refractivity (Wildman–Crippen MR) is 88.2 cm³/mol. The molecule has 1 aromatic rings. The highest BCUT2D eigenvalue weighted by Gasteiger charge is 2.51. The Kier molecular flexibility index (Phi) is 4.66. The van der Waals surface area contributed by atoms with Crippen LogP contribution in [0.3, 0.4) is 0 Å². The zero-order valence-corrected chi connectivity index (χ0v) is 14.4. The quantitative estimate of drug-likeness (QED) is 0.563. The lowest BCUT2D eigenvalue weighted by atomic mass is 10.1. The van der Waals surface area contributed by atoms with Crippen molar-refractivity contribution in [2.45, 2.75) is 18.6 Å². The van der Waals surface area contributed by atoms with Gasteiger partial charge >= 0.3 is 12.2 Å². The van der Waals surface area contributed by atoms with E-state index in [2.05, 4.69) is 5.92 Å². The highest BCUT2D eigenvalue weighted by atomic mass is 19.4. The molecule has 2 heterocycles. The van der Waals surface area contributed by atoms with E-state index in [9.17, 15) is 31.9 Å². The lowest BCUT2D eigenvalue weighted by molar-refractivity contribution is -0.179. The Hall–Kier alpha value is -3.29. The van der Waals surface area contributed by atoms with Crippen LogP contribution >= 0.6 is 0 Å². The number of fused-ring (bicyclic) bond motifs is 1. The molecule has 1 fully saturated rings. The van der Waals surface area contributed by atoms with Crippen LogP contribution in [0.25, 0.3) is 0 Å². The summed E-state index contributed by atoms with van der Waals surface area (Å²) in [6.45, 7) is -0.566. The molecule has 1 atom stereocenters. The first-order valence-electron chi connectivity index (χ1n) is 7.93. The number of urea groups is 1. The van der Waals surface area contributed by atoms with Crippen LogP contribution in [0.4, 0.5) is 33.7 Å². The number of alkyl halides is 3. The van der Waals surface area contributed by atoms with E-state index < -0.39 is 48.0 Å². The Morgan fingerprint density at radius 2 is 1.89 bits per heavy atom. The molecule has 148 valence electrons. The molecule has 4 amide bonds. The van der Waals surface area contributed by atoms with E-state index in [1.165, 1.54) is 0 Å². The molecular weight excluding hydrogens is 386 g/mol. The minimum Gasteiger partial charge on any atom is -0.481 e. The number of halogens is 4. The Balaban J connectivity index is 2.05. The summed E-state index contributed by atoms with van der Waals surface area (Å²) in [7, 11) is 0.869. The van der Waals surface area contributed by atoms with E-state index in [1.54, 1.807) is 0 Å². The third kappa shape index (κ3) is 3.11. The second kappa shape index (κ2) is 6.70. The van der Waals surface area contributed by atoms with E-state index >= 15 is 0 Å². The van der Waals surface area contributed by atoms with E-state index in [1.807, 2.05) is 0 Å². The average molecular weight is 399 g/mol. The molecule has 28 heavy (non-hydrogen) atoms. The second-order valence-corrected chi connectivity index (χ2v) is 6.13. The molecule has 0 saturated carbocycles. The number of ether oxygens (including phenoxy) is 1. The number of hydrogen-bond acceptors (Lipinski definition) is 4. The Morgan fingerprint density at radius 3 is 2.50 bits per heavy atom. The number of rotatable bonds is 2. The minimum atomic E-state index is -4.82. The van der Waals surface area contributed by atoms with Crippen molar-refractivity contribution in [1.82, 2.24) is 4.90 Å². The molecule has 11 heteroatoms. The van der Waals surface area contributed by atoms with Gasteiger partial charge in [-0.3, -0.25) is 14.5 Å². The van der Waals surface area contributed by atoms with Crippen LogP contribution in [0, 0.1) is 18.2 Å². The summed E-state index contributed by atoms with van der Waals surface area (Å²) in [5.74, 6) is -0.637. The number of anilines is 2. The maximum atomic E-state index is 14.6. The van der Waals surface area contributed by atoms with Crippen LogP contribution in [-0.2, 0) is 9.59 Å². The zero-order valence-electron chi connectivity index (χ0n) is 14.4. The minimum absolute atomic E-state index is 0.00629. The van der Waals surface area contributed by atoms with Gasteiger partial charge in [0.15, 0.2) is 12.4 Å². The fourth-order valence-electron chi connectivity index (χ4n) is 3.01. The fraction of sp³-hybridized carbons (Fsp3) is 0.353. The van der Waals surface area contributed by atoms with Crippen molar-refractivity contribution >= 4 is 29.2 Å². The lowest BCUT2D eigenvalue weighted by Crippen LogP contribution is -2.60. The molecular formula is C17H13F4N3O4. The van der Waals surface area contributed by atoms with Crippen molar-refractivity contribution in [2.24, 2.45) is 0 Å². The maximum Gasteiger partial charge on any atom is 0.409 e. The van der Waals surface area contributed by atoms with Gasteiger partial charge in [0.1, 0.15) is 11.8 Å². The summed E-state index contributed by atoms with van der Waals surface area (Å²) < 4.78 is 58.8. The van der Waals surface area contributed by atoms with Gasteiger partial charge in [0.25, 0.3) is 5.91 Å². The molecule has 0 aliphatic carbocycles. The van der Waals surface area contributed by atoms with Crippen molar-refractivity contribution in [3.05, 3.63) is 17.9 Å². The van der Waals surface area contributed by atoms with E-state index in [-0.39, 0.29) is 24.6 Å². The number of carbonyl (C=O) groups excluding carboxylic acids is 3. The van der Waals surface area contributed by atoms with E-state index in [0.717, 1.165) is 24.1 Å². The normalized spacial score (nSPS) is 20.1. The first-order valence-corrected chi connectivity index (χ1v) is 7.93. The lowest BCUT2D eigenvalue weighted by Gasteiger charge is -2.39. The van der Waals surface area contributed by atoms with Gasteiger partial charge in [0.2, 0.25) is 5.91 Å². The van der Waals surface area contributed by atoms with E-state index in [0.29, 0.717) is 9.80 Å². The zero-order chi connectivity index (χ0) is 20.8. The number of nitrogens with zero attached hydrogens (tertiary/aromatic N) is 3. The van der Waals surface area contributed by atoms with Crippen molar-refractivity contribution in [3.8, 4) is 18.1 Å². The number of imide groups is 1. The van der Waals surface area contributed by atoms with Crippen LogP contribution in [0.1, 0.15) is 6.42 Å². The fourth-order valence-corrected chi connectivity index (χ4v) is 3.01. The van der Waals surface area contributed by atoms with Gasteiger partial charge in [-0.05, 0) is 6.07 Å². The van der Waals surface area contributed by atoms with Crippen LogP contribution in [0.15, 0.2) is 12.1 Å². The Morgan fingerprint density at radius 1 is 1.21 bits per heavy atom. The largest absolute Gasteiger partial charge is 0.481 e. The summed E-state index contributed by atoms with van der Waals surface area (Å²) in [6, 6.07) is -1.83. The van der Waals surface area contributed by atoms with E-state index in [4.69, 9.17) is 11.2 Å². The molecule has 0 radical (unpaired) electrons. The molecule has 0 spiro atoms. The van der Waals surface area contributed by atoms with Crippen molar-refractivity contribution < 1.29 is 36.7 Å². The van der Waals surface area contributed by atoms with Gasteiger partial charge in [-0.2, -0.15) is 13.2 Å². The second-order valence-electron chi connectivity index (χ2n) is 6.13. The number of amides is 4.